The number of aromatic nitrogens is 5. The molecule has 0 saturated carbocycles. The number of benzene rings is 1. The number of nitrogens with zero attached hydrogens (tertiary/aromatic N) is 7. The van der Waals surface area contributed by atoms with E-state index in [1.54, 1.807) is 17.1 Å². The van der Waals surface area contributed by atoms with Crippen LogP contribution < -0.4 is 10.9 Å². The minimum absolute atomic E-state index is 0.0610. The van der Waals surface area contributed by atoms with E-state index in [0.29, 0.717) is 17.0 Å². The molecule has 9 heteroatoms. The van der Waals surface area contributed by atoms with Crippen LogP contribution in [-0.4, -0.2) is 67.3 Å². The topological polar surface area (TPSA) is 84.1 Å². The zero-order valence-electron chi connectivity index (χ0n) is 25.2. The summed E-state index contributed by atoms with van der Waals surface area (Å²) in [5.41, 5.74) is 5.92. The molecule has 5 heterocycles. The van der Waals surface area contributed by atoms with Crippen LogP contribution in [-0.2, 0) is 18.4 Å². The number of rotatable bonds is 6. The summed E-state index contributed by atoms with van der Waals surface area (Å²) in [6, 6.07) is 10.5. The molecule has 1 saturated heterocycles. The van der Waals surface area contributed by atoms with E-state index < -0.39 is 0 Å². The Morgan fingerprint density at radius 2 is 1.90 bits per heavy atom. The summed E-state index contributed by atoms with van der Waals surface area (Å²) in [5.74, 6) is 1.25. The Bertz CT molecular complexity index is 1630. The van der Waals surface area contributed by atoms with E-state index in [9.17, 15) is 4.79 Å². The molecule has 6 rings (SSSR count). The highest BCUT2D eigenvalue weighted by Gasteiger charge is 2.25. The van der Waals surface area contributed by atoms with Gasteiger partial charge in [-0.15, -0.1) is 0 Å². The lowest BCUT2D eigenvalue weighted by Gasteiger charge is -2.31. The van der Waals surface area contributed by atoms with Crippen LogP contribution in [0.2, 0.25) is 0 Å². The molecule has 0 amide bonds. The summed E-state index contributed by atoms with van der Waals surface area (Å²) in [6.07, 6.45) is 5.80. The molecular weight excluding hydrogens is 512 g/mol. The Labute approximate surface area is 242 Å². The van der Waals surface area contributed by atoms with Crippen LogP contribution in [0.4, 0.5) is 11.6 Å². The van der Waals surface area contributed by atoms with Crippen LogP contribution in [0.25, 0.3) is 16.7 Å². The Morgan fingerprint density at radius 3 is 2.63 bits per heavy atom. The van der Waals surface area contributed by atoms with Crippen molar-refractivity contribution in [1.29, 1.82) is 0 Å². The van der Waals surface area contributed by atoms with Crippen molar-refractivity contribution in [3.63, 3.8) is 0 Å². The van der Waals surface area contributed by atoms with Gasteiger partial charge >= 0.3 is 0 Å². The largest absolute Gasteiger partial charge is 0.324 e. The number of fused-ring (bicyclic) bond motifs is 2. The third-order valence-electron chi connectivity index (χ3n) is 8.43. The van der Waals surface area contributed by atoms with Crippen LogP contribution in [0.15, 0.2) is 47.5 Å². The molecule has 1 N–H and O–H groups in total. The Balaban J connectivity index is 1.29. The van der Waals surface area contributed by atoms with Crippen molar-refractivity contribution in [2.75, 3.05) is 38.5 Å². The first-order valence-electron chi connectivity index (χ1n) is 14.8. The van der Waals surface area contributed by atoms with Crippen molar-refractivity contribution < 1.29 is 0 Å². The molecule has 216 valence electrons. The molecule has 9 nitrogen and oxygen atoms in total. The van der Waals surface area contributed by atoms with Crippen molar-refractivity contribution in [1.82, 2.24) is 34.1 Å². The second kappa shape index (κ2) is 10.7. The van der Waals surface area contributed by atoms with Gasteiger partial charge in [0.25, 0.3) is 5.56 Å². The number of pyridine rings is 1. The lowest BCUT2D eigenvalue weighted by atomic mass is 9.91. The summed E-state index contributed by atoms with van der Waals surface area (Å²) in [6.45, 7) is 16.1. The minimum atomic E-state index is -0.125. The van der Waals surface area contributed by atoms with Crippen LogP contribution in [0.5, 0.6) is 0 Å². The standard InChI is InChI=1S/C32H42N8O/c1-21(2)39-30(41)27-17-34-31(36-29(27)40(39)26-9-12-33-28(16-26)32(3,4)5)35-25-8-7-24-20-38(14-11-23(24)15-25)19-22-10-13-37(6)18-22/h7-9,12,15-17,21-22H,10-11,13-14,18-20H2,1-6H3,(H,34,35,36). The highest BCUT2D eigenvalue weighted by atomic mass is 16.1. The predicted octanol–water partition coefficient (Wildman–Crippen LogP) is 4.91. The molecule has 2 aliphatic heterocycles. The van der Waals surface area contributed by atoms with E-state index in [4.69, 9.17) is 4.98 Å². The van der Waals surface area contributed by atoms with E-state index in [2.05, 4.69) is 71.1 Å². The third kappa shape index (κ3) is 5.53. The number of likely N-dealkylation sites (tertiary alicyclic amines) is 1. The number of hydrogen-bond donors (Lipinski definition) is 1. The predicted molar refractivity (Wildman–Crippen MR) is 164 cm³/mol. The number of hydrogen-bond acceptors (Lipinski definition) is 7. The van der Waals surface area contributed by atoms with E-state index >= 15 is 0 Å². The van der Waals surface area contributed by atoms with Gasteiger partial charge in [0.05, 0.1) is 5.69 Å². The highest BCUT2D eigenvalue weighted by molar-refractivity contribution is 5.77. The lowest BCUT2D eigenvalue weighted by molar-refractivity contribution is 0.214. The first kappa shape index (κ1) is 27.6. The average molecular weight is 555 g/mol. The Kier molecular flexibility index (Phi) is 7.20. The van der Waals surface area contributed by atoms with Crippen LogP contribution in [0.3, 0.4) is 0 Å². The summed E-state index contributed by atoms with van der Waals surface area (Å²) in [7, 11) is 2.22. The lowest BCUT2D eigenvalue weighted by Crippen LogP contribution is -2.35. The van der Waals surface area contributed by atoms with Gasteiger partial charge in [-0.3, -0.25) is 14.7 Å². The molecule has 2 aliphatic rings. The smallest absolute Gasteiger partial charge is 0.278 e. The SMILES string of the molecule is CC(C)n1c(=O)c2cnc(Nc3ccc4c(c3)CCN(CC3CCN(C)C3)C4)nc2n1-c1ccnc(C(C)(C)C)c1. The maximum Gasteiger partial charge on any atom is 0.278 e. The van der Waals surface area contributed by atoms with E-state index in [-0.39, 0.29) is 17.0 Å². The van der Waals surface area contributed by atoms with Crippen molar-refractivity contribution >= 4 is 22.7 Å². The molecule has 0 spiro atoms. The van der Waals surface area contributed by atoms with Gasteiger partial charge in [0.15, 0.2) is 5.65 Å². The van der Waals surface area contributed by atoms with Crippen molar-refractivity contribution in [3.8, 4) is 5.69 Å². The number of nitrogens with one attached hydrogen (secondary N) is 1. The van der Waals surface area contributed by atoms with E-state index in [1.807, 2.05) is 30.7 Å². The maximum atomic E-state index is 13.4. The second-order valence-corrected chi connectivity index (χ2v) is 13.1. The molecule has 1 fully saturated rings. The molecule has 1 atom stereocenters. The summed E-state index contributed by atoms with van der Waals surface area (Å²) in [4.78, 5) is 32.5. The molecule has 3 aromatic heterocycles. The van der Waals surface area contributed by atoms with Gasteiger partial charge in [0.1, 0.15) is 5.39 Å². The van der Waals surface area contributed by atoms with Gasteiger partial charge < -0.3 is 10.2 Å². The first-order valence-corrected chi connectivity index (χ1v) is 14.8. The van der Waals surface area contributed by atoms with Crippen molar-refractivity contribution in [2.45, 2.75) is 65.5 Å². The summed E-state index contributed by atoms with van der Waals surface area (Å²) in [5, 5.41) is 3.91. The normalized spacial score (nSPS) is 18.4. The monoisotopic (exact) mass is 554 g/mol. The zero-order valence-corrected chi connectivity index (χ0v) is 25.2. The van der Waals surface area contributed by atoms with Crippen molar-refractivity contribution in [3.05, 3.63) is 69.9 Å². The third-order valence-corrected chi connectivity index (χ3v) is 8.43. The molecule has 1 aromatic carbocycles. The fourth-order valence-corrected chi connectivity index (χ4v) is 6.25. The van der Waals surface area contributed by atoms with Gasteiger partial charge in [0.2, 0.25) is 5.95 Å². The molecule has 0 aliphatic carbocycles. The molecular formula is C32H42N8O. The van der Waals surface area contributed by atoms with Gasteiger partial charge in [0, 0.05) is 61.4 Å². The van der Waals surface area contributed by atoms with E-state index in [0.717, 1.165) is 42.5 Å². The number of anilines is 2. The van der Waals surface area contributed by atoms with Gasteiger partial charge in [-0.1, -0.05) is 26.8 Å². The fourth-order valence-electron chi connectivity index (χ4n) is 6.25. The van der Waals surface area contributed by atoms with Gasteiger partial charge in [-0.2, -0.15) is 4.98 Å². The van der Waals surface area contributed by atoms with Crippen LogP contribution in [0, 0.1) is 5.92 Å². The van der Waals surface area contributed by atoms with E-state index in [1.165, 1.54) is 37.2 Å². The summed E-state index contributed by atoms with van der Waals surface area (Å²) < 4.78 is 3.66. The second-order valence-electron chi connectivity index (χ2n) is 13.1. The maximum absolute atomic E-state index is 13.4. The molecule has 0 radical (unpaired) electrons. The van der Waals surface area contributed by atoms with Crippen LogP contribution >= 0.6 is 0 Å². The van der Waals surface area contributed by atoms with Gasteiger partial charge in [-0.25, -0.2) is 14.3 Å². The van der Waals surface area contributed by atoms with Gasteiger partial charge in [-0.05, 0) is 81.6 Å². The van der Waals surface area contributed by atoms with Crippen LogP contribution in [0.1, 0.15) is 63.9 Å². The first-order chi connectivity index (χ1) is 19.6. The quantitative estimate of drug-likeness (QED) is 0.363. The zero-order chi connectivity index (χ0) is 28.9. The fraction of sp³-hybridized carbons (Fsp3) is 0.500. The molecule has 1 unspecified atom stereocenters. The highest BCUT2D eigenvalue weighted by Crippen LogP contribution is 2.28. The summed E-state index contributed by atoms with van der Waals surface area (Å²) >= 11 is 0. The van der Waals surface area contributed by atoms with Crippen molar-refractivity contribution in [2.24, 2.45) is 5.92 Å². The Morgan fingerprint density at radius 1 is 1.07 bits per heavy atom. The molecule has 0 bridgehead atoms. The molecule has 41 heavy (non-hydrogen) atoms. The molecule has 4 aromatic rings. The minimum Gasteiger partial charge on any atom is -0.324 e. The Hall–Kier alpha value is -3.56. The average Bonchev–Trinajstić information content (AvgIpc) is 3.47.